The molecule has 1 aliphatic rings. The number of hydrogen-bond acceptors (Lipinski definition) is 2. The number of hydrogen-bond donors (Lipinski definition) is 2. The molecule has 0 saturated heterocycles. The summed E-state index contributed by atoms with van der Waals surface area (Å²) in [5.74, 6) is 1.40. The van der Waals surface area contributed by atoms with Gasteiger partial charge in [0.05, 0.1) is 5.60 Å². The third-order valence-electron chi connectivity index (χ3n) is 3.41. The molecule has 1 saturated carbocycles. The summed E-state index contributed by atoms with van der Waals surface area (Å²) in [5, 5.41) is 10.2. The Hall–Kier alpha value is -0.0800. The van der Waals surface area contributed by atoms with Crippen LogP contribution in [-0.2, 0) is 0 Å². The second kappa shape index (κ2) is 4.43. The highest BCUT2D eigenvalue weighted by molar-refractivity contribution is 4.87. The lowest BCUT2D eigenvalue weighted by molar-refractivity contribution is -0.0290. The Morgan fingerprint density at radius 1 is 1.54 bits per heavy atom. The van der Waals surface area contributed by atoms with E-state index in [0.29, 0.717) is 18.4 Å². The van der Waals surface area contributed by atoms with Crippen molar-refractivity contribution in [3.8, 4) is 0 Å². The molecule has 2 atom stereocenters. The average Bonchev–Trinajstić information content (AvgIpc) is 2.04. The van der Waals surface area contributed by atoms with Crippen LogP contribution in [0.25, 0.3) is 0 Å². The second-order valence-electron chi connectivity index (χ2n) is 4.86. The van der Waals surface area contributed by atoms with Crippen molar-refractivity contribution in [1.29, 1.82) is 0 Å². The molecule has 3 N–H and O–H groups in total. The van der Waals surface area contributed by atoms with Gasteiger partial charge in [0.15, 0.2) is 0 Å². The van der Waals surface area contributed by atoms with Gasteiger partial charge in [0.2, 0.25) is 0 Å². The van der Waals surface area contributed by atoms with E-state index < -0.39 is 5.60 Å². The summed E-state index contributed by atoms with van der Waals surface area (Å²) in [6, 6.07) is 0. The van der Waals surface area contributed by atoms with Crippen LogP contribution >= 0.6 is 0 Å². The Morgan fingerprint density at radius 2 is 2.23 bits per heavy atom. The van der Waals surface area contributed by atoms with E-state index in [0.717, 1.165) is 19.3 Å². The molecule has 78 valence electrons. The minimum Gasteiger partial charge on any atom is -0.390 e. The summed E-state index contributed by atoms with van der Waals surface area (Å²) < 4.78 is 0. The Bertz CT molecular complexity index is 154. The van der Waals surface area contributed by atoms with Crippen molar-refractivity contribution in [3.05, 3.63) is 0 Å². The maximum atomic E-state index is 10.2. The fourth-order valence-electron chi connectivity index (χ4n) is 2.45. The van der Waals surface area contributed by atoms with E-state index in [2.05, 4.69) is 13.8 Å². The lowest BCUT2D eigenvalue weighted by Crippen LogP contribution is -2.38. The highest BCUT2D eigenvalue weighted by atomic mass is 16.3. The lowest BCUT2D eigenvalue weighted by Gasteiger charge is -2.38. The van der Waals surface area contributed by atoms with Crippen LogP contribution in [0.3, 0.4) is 0 Å². The zero-order valence-corrected chi connectivity index (χ0v) is 8.92. The number of rotatable bonds is 3. The zero-order valence-electron chi connectivity index (χ0n) is 8.92. The molecular formula is C11H23NO. The van der Waals surface area contributed by atoms with E-state index in [4.69, 9.17) is 5.73 Å². The molecule has 2 heteroatoms. The van der Waals surface area contributed by atoms with E-state index in [9.17, 15) is 5.11 Å². The molecule has 0 bridgehead atoms. The highest BCUT2D eigenvalue weighted by Crippen LogP contribution is 2.37. The fraction of sp³-hybridized carbons (Fsp3) is 1.00. The number of aliphatic hydroxyl groups is 1. The van der Waals surface area contributed by atoms with Crippen LogP contribution in [0.15, 0.2) is 0 Å². The van der Waals surface area contributed by atoms with Crippen molar-refractivity contribution in [3.63, 3.8) is 0 Å². The van der Waals surface area contributed by atoms with Gasteiger partial charge in [-0.05, 0) is 44.1 Å². The summed E-state index contributed by atoms with van der Waals surface area (Å²) in [5.41, 5.74) is 5.06. The van der Waals surface area contributed by atoms with Gasteiger partial charge in [-0.15, -0.1) is 0 Å². The van der Waals surface area contributed by atoms with Crippen LogP contribution in [0.5, 0.6) is 0 Å². The molecule has 1 fully saturated rings. The molecule has 0 aromatic carbocycles. The largest absolute Gasteiger partial charge is 0.390 e. The molecule has 2 unspecified atom stereocenters. The van der Waals surface area contributed by atoms with Crippen LogP contribution in [-0.4, -0.2) is 17.3 Å². The molecule has 13 heavy (non-hydrogen) atoms. The minimum atomic E-state index is -0.443. The molecule has 2 nitrogen and oxygen atoms in total. The molecule has 0 heterocycles. The number of nitrogens with two attached hydrogens (primary N) is 1. The van der Waals surface area contributed by atoms with Crippen LogP contribution < -0.4 is 5.73 Å². The minimum absolute atomic E-state index is 0.443. The summed E-state index contributed by atoms with van der Waals surface area (Å²) in [6.07, 6.45) is 5.13. The van der Waals surface area contributed by atoms with Crippen LogP contribution in [0.2, 0.25) is 0 Å². The van der Waals surface area contributed by atoms with Gasteiger partial charge in [0.1, 0.15) is 0 Å². The average molecular weight is 185 g/mol. The van der Waals surface area contributed by atoms with Crippen molar-refractivity contribution >= 4 is 0 Å². The third kappa shape index (κ3) is 2.96. The van der Waals surface area contributed by atoms with Gasteiger partial charge in [-0.3, -0.25) is 0 Å². The van der Waals surface area contributed by atoms with Crippen molar-refractivity contribution in [2.24, 2.45) is 17.6 Å². The first-order valence-corrected chi connectivity index (χ1v) is 5.50. The van der Waals surface area contributed by atoms with Gasteiger partial charge >= 0.3 is 0 Å². The molecule has 0 radical (unpaired) electrons. The molecule has 0 aliphatic heterocycles. The maximum absolute atomic E-state index is 10.2. The zero-order chi connectivity index (χ0) is 9.90. The van der Waals surface area contributed by atoms with Gasteiger partial charge < -0.3 is 10.8 Å². The Kier molecular flexibility index (Phi) is 3.74. The monoisotopic (exact) mass is 185 g/mol. The highest BCUT2D eigenvalue weighted by Gasteiger charge is 2.34. The summed E-state index contributed by atoms with van der Waals surface area (Å²) >= 11 is 0. The normalized spacial score (nSPS) is 35.3. The van der Waals surface area contributed by atoms with Crippen molar-refractivity contribution in [1.82, 2.24) is 0 Å². The van der Waals surface area contributed by atoms with E-state index >= 15 is 0 Å². The quantitative estimate of drug-likeness (QED) is 0.705. The van der Waals surface area contributed by atoms with Gasteiger partial charge in [-0.2, -0.15) is 0 Å². The lowest BCUT2D eigenvalue weighted by atomic mass is 9.72. The van der Waals surface area contributed by atoms with E-state index in [-0.39, 0.29) is 0 Å². The van der Waals surface area contributed by atoms with Crippen LogP contribution in [0.4, 0.5) is 0 Å². The van der Waals surface area contributed by atoms with E-state index in [1.165, 1.54) is 12.8 Å². The third-order valence-corrected chi connectivity index (χ3v) is 3.41. The molecule has 1 aliphatic carbocycles. The molecule has 0 aromatic heterocycles. The molecule has 0 amide bonds. The first-order chi connectivity index (χ1) is 6.07. The molecular weight excluding hydrogens is 162 g/mol. The van der Waals surface area contributed by atoms with Gasteiger partial charge in [-0.25, -0.2) is 0 Å². The van der Waals surface area contributed by atoms with Gasteiger partial charge in [0, 0.05) is 0 Å². The summed E-state index contributed by atoms with van der Waals surface area (Å²) in [7, 11) is 0. The van der Waals surface area contributed by atoms with Crippen molar-refractivity contribution < 1.29 is 5.11 Å². The van der Waals surface area contributed by atoms with Crippen LogP contribution in [0.1, 0.15) is 46.0 Å². The second-order valence-corrected chi connectivity index (χ2v) is 4.86. The van der Waals surface area contributed by atoms with Crippen molar-refractivity contribution in [2.75, 3.05) is 6.54 Å². The first kappa shape index (κ1) is 11.0. The maximum Gasteiger partial charge on any atom is 0.0662 e. The summed E-state index contributed by atoms with van der Waals surface area (Å²) in [6.45, 7) is 5.11. The van der Waals surface area contributed by atoms with Crippen LogP contribution in [0, 0.1) is 11.8 Å². The Morgan fingerprint density at radius 3 is 2.77 bits per heavy atom. The van der Waals surface area contributed by atoms with Gasteiger partial charge in [-0.1, -0.05) is 20.3 Å². The predicted octanol–water partition coefficient (Wildman–Crippen LogP) is 1.91. The van der Waals surface area contributed by atoms with Gasteiger partial charge in [0.25, 0.3) is 0 Å². The standard InChI is InChI=1S/C11H23NO/c1-9(2)10-4-3-5-11(13,8-10)6-7-12/h9-10,13H,3-8,12H2,1-2H3. The predicted molar refractivity (Wildman–Crippen MR) is 55.4 cm³/mol. The Balaban J connectivity index is 2.49. The molecule has 1 rings (SSSR count). The van der Waals surface area contributed by atoms with E-state index in [1.807, 2.05) is 0 Å². The van der Waals surface area contributed by atoms with Crippen molar-refractivity contribution in [2.45, 2.75) is 51.6 Å². The molecule has 0 aromatic rings. The topological polar surface area (TPSA) is 46.2 Å². The smallest absolute Gasteiger partial charge is 0.0662 e. The fourth-order valence-corrected chi connectivity index (χ4v) is 2.45. The summed E-state index contributed by atoms with van der Waals surface area (Å²) in [4.78, 5) is 0. The SMILES string of the molecule is CC(C)C1CCCC(O)(CCN)C1. The molecule has 0 spiro atoms. The Labute approximate surface area is 81.5 Å². The first-order valence-electron chi connectivity index (χ1n) is 5.50. The van der Waals surface area contributed by atoms with E-state index in [1.54, 1.807) is 0 Å².